The van der Waals surface area contributed by atoms with E-state index in [0.29, 0.717) is 6.42 Å². The van der Waals surface area contributed by atoms with E-state index in [1.54, 1.807) is 0 Å². The van der Waals surface area contributed by atoms with Crippen LogP contribution in [-0.2, 0) is 4.79 Å². The third-order valence-electron chi connectivity index (χ3n) is 7.28. The Morgan fingerprint density at radius 2 is 1.35 bits per heavy atom. The molecular weight excluding hydrogens is 420 g/mol. The van der Waals surface area contributed by atoms with E-state index in [9.17, 15) is 9.90 Å². The predicted molar refractivity (Wildman–Crippen MR) is 144 cm³/mol. The van der Waals surface area contributed by atoms with Crippen LogP contribution in [0.4, 0.5) is 0 Å². The van der Waals surface area contributed by atoms with Crippen LogP contribution in [0, 0.1) is 0 Å². The van der Waals surface area contributed by atoms with Gasteiger partial charge >= 0.3 is 0 Å². The molecule has 2 atom stereocenters. The molecule has 2 N–H and O–H groups in total. The van der Waals surface area contributed by atoms with Crippen molar-refractivity contribution < 1.29 is 9.90 Å². The Labute approximate surface area is 209 Å². The molecule has 2 rings (SSSR count). The first-order valence-electron chi connectivity index (χ1n) is 14.5. The minimum atomic E-state index is -0.668. The molecule has 1 fully saturated rings. The zero-order valence-electron chi connectivity index (χ0n) is 22.0. The summed E-state index contributed by atoms with van der Waals surface area (Å²) in [6.07, 6.45) is 20.6. The van der Waals surface area contributed by atoms with Gasteiger partial charge in [0, 0.05) is 13.0 Å². The SMILES string of the molecule is CCCCCCCCCCCCCCCC(=O)N[C@H](CN1CCCCC1)[C@H](O)c1ccccc1. The van der Waals surface area contributed by atoms with Gasteiger partial charge in [0.1, 0.15) is 6.10 Å². The Morgan fingerprint density at radius 1 is 0.824 bits per heavy atom. The van der Waals surface area contributed by atoms with Crippen LogP contribution in [0.1, 0.15) is 128 Å². The first-order valence-corrected chi connectivity index (χ1v) is 14.5. The lowest BCUT2D eigenvalue weighted by Crippen LogP contribution is -2.48. The first kappa shape index (κ1) is 28.8. The highest BCUT2D eigenvalue weighted by atomic mass is 16.3. The summed E-state index contributed by atoms with van der Waals surface area (Å²) in [5.74, 6) is 0.0834. The molecule has 1 aliphatic heterocycles. The number of hydrogen-bond donors (Lipinski definition) is 2. The van der Waals surface area contributed by atoms with E-state index in [1.807, 2.05) is 30.3 Å². The number of hydrogen-bond acceptors (Lipinski definition) is 3. The highest BCUT2D eigenvalue weighted by Crippen LogP contribution is 2.20. The number of unbranched alkanes of at least 4 members (excludes halogenated alkanes) is 12. The van der Waals surface area contributed by atoms with Crippen LogP contribution in [-0.4, -0.2) is 41.6 Å². The molecular formula is C30H52N2O2. The largest absolute Gasteiger partial charge is 0.386 e. The summed E-state index contributed by atoms with van der Waals surface area (Å²) in [4.78, 5) is 15.1. The van der Waals surface area contributed by atoms with Crippen molar-refractivity contribution in [3.8, 4) is 0 Å². The zero-order valence-corrected chi connectivity index (χ0v) is 22.0. The molecule has 1 aromatic rings. The molecule has 1 saturated heterocycles. The van der Waals surface area contributed by atoms with E-state index >= 15 is 0 Å². The van der Waals surface area contributed by atoms with E-state index < -0.39 is 6.10 Å². The normalized spacial score (nSPS) is 16.3. The third-order valence-corrected chi connectivity index (χ3v) is 7.28. The maximum absolute atomic E-state index is 12.7. The summed E-state index contributed by atoms with van der Waals surface area (Å²) in [7, 11) is 0. The van der Waals surface area contributed by atoms with Crippen LogP contribution >= 0.6 is 0 Å². The molecule has 0 radical (unpaired) electrons. The Morgan fingerprint density at radius 3 is 1.91 bits per heavy atom. The predicted octanol–water partition coefficient (Wildman–Crippen LogP) is 7.17. The summed E-state index contributed by atoms with van der Waals surface area (Å²) in [5, 5.41) is 14.2. The van der Waals surface area contributed by atoms with Crippen molar-refractivity contribution in [2.45, 2.75) is 128 Å². The number of amides is 1. The molecule has 194 valence electrons. The Balaban J connectivity index is 1.59. The number of carbonyl (C=O) groups is 1. The van der Waals surface area contributed by atoms with Gasteiger partial charge in [0.05, 0.1) is 6.04 Å². The average molecular weight is 473 g/mol. The Kier molecular flexibility index (Phi) is 16.0. The molecule has 1 aromatic carbocycles. The van der Waals surface area contributed by atoms with Crippen molar-refractivity contribution in [2.24, 2.45) is 0 Å². The fourth-order valence-corrected chi connectivity index (χ4v) is 5.11. The summed E-state index contributed by atoms with van der Waals surface area (Å²) in [5.41, 5.74) is 0.880. The van der Waals surface area contributed by atoms with Gasteiger partial charge in [-0.25, -0.2) is 0 Å². The number of likely N-dealkylation sites (tertiary alicyclic amines) is 1. The van der Waals surface area contributed by atoms with E-state index in [-0.39, 0.29) is 11.9 Å². The average Bonchev–Trinajstić information content (AvgIpc) is 2.87. The number of carbonyl (C=O) groups excluding carboxylic acids is 1. The molecule has 4 heteroatoms. The van der Waals surface area contributed by atoms with Gasteiger partial charge < -0.3 is 15.3 Å². The van der Waals surface area contributed by atoms with E-state index in [2.05, 4.69) is 17.1 Å². The number of aliphatic hydroxyl groups is 1. The molecule has 0 saturated carbocycles. The fraction of sp³-hybridized carbons (Fsp3) is 0.767. The quantitative estimate of drug-likeness (QED) is 0.210. The monoisotopic (exact) mass is 472 g/mol. The zero-order chi connectivity index (χ0) is 24.3. The maximum Gasteiger partial charge on any atom is 0.220 e. The summed E-state index contributed by atoms with van der Waals surface area (Å²) in [6.45, 7) is 5.12. The summed E-state index contributed by atoms with van der Waals surface area (Å²) in [6, 6.07) is 9.51. The number of rotatable bonds is 19. The topological polar surface area (TPSA) is 52.6 Å². The van der Waals surface area contributed by atoms with Gasteiger partial charge in [-0.05, 0) is 37.9 Å². The molecule has 0 spiro atoms. The van der Waals surface area contributed by atoms with Crippen LogP contribution in [0.3, 0.4) is 0 Å². The molecule has 1 aliphatic rings. The second-order valence-corrected chi connectivity index (χ2v) is 10.4. The number of aliphatic hydroxyl groups excluding tert-OH is 1. The maximum atomic E-state index is 12.7. The van der Waals surface area contributed by atoms with Crippen molar-refractivity contribution in [1.82, 2.24) is 10.2 Å². The minimum Gasteiger partial charge on any atom is -0.386 e. The fourth-order valence-electron chi connectivity index (χ4n) is 5.11. The van der Waals surface area contributed by atoms with Crippen LogP contribution in [0.15, 0.2) is 30.3 Å². The standard InChI is InChI=1S/C30H52N2O2/c1-2-3-4-5-6-7-8-9-10-11-12-13-18-23-29(33)31-28(26-32-24-19-15-20-25-32)30(34)27-21-16-14-17-22-27/h14,16-17,21-22,28,30,34H,2-13,15,18-20,23-26H2,1H3,(H,31,33)/t28-,30-/m1/s1. The number of nitrogens with one attached hydrogen (secondary N) is 1. The van der Waals surface area contributed by atoms with E-state index in [4.69, 9.17) is 0 Å². The molecule has 0 aliphatic carbocycles. The van der Waals surface area contributed by atoms with Gasteiger partial charge in [-0.3, -0.25) is 4.79 Å². The van der Waals surface area contributed by atoms with Gasteiger partial charge in [-0.2, -0.15) is 0 Å². The Bertz CT molecular complexity index is 615. The molecule has 0 bridgehead atoms. The second-order valence-electron chi connectivity index (χ2n) is 10.4. The molecule has 34 heavy (non-hydrogen) atoms. The lowest BCUT2D eigenvalue weighted by Gasteiger charge is -2.33. The van der Waals surface area contributed by atoms with Crippen molar-refractivity contribution >= 4 is 5.91 Å². The van der Waals surface area contributed by atoms with Crippen LogP contribution < -0.4 is 5.32 Å². The second kappa shape index (κ2) is 18.9. The Hall–Kier alpha value is -1.39. The van der Waals surface area contributed by atoms with Crippen molar-refractivity contribution in [2.75, 3.05) is 19.6 Å². The lowest BCUT2D eigenvalue weighted by atomic mass is 10.00. The van der Waals surface area contributed by atoms with Crippen molar-refractivity contribution in [3.63, 3.8) is 0 Å². The summed E-state index contributed by atoms with van der Waals surface area (Å²) < 4.78 is 0. The van der Waals surface area contributed by atoms with Crippen LogP contribution in [0.2, 0.25) is 0 Å². The number of piperidine rings is 1. The molecule has 0 unspecified atom stereocenters. The molecule has 1 heterocycles. The van der Waals surface area contributed by atoms with Crippen molar-refractivity contribution in [3.05, 3.63) is 35.9 Å². The van der Waals surface area contributed by atoms with Crippen LogP contribution in [0.25, 0.3) is 0 Å². The van der Waals surface area contributed by atoms with Crippen LogP contribution in [0.5, 0.6) is 0 Å². The molecule has 4 nitrogen and oxygen atoms in total. The van der Waals surface area contributed by atoms with E-state index in [1.165, 1.54) is 89.9 Å². The highest BCUT2D eigenvalue weighted by Gasteiger charge is 2.25. The minimum absolute atomic E-state index is 0.0834. The third kappa shape index (κ3) is 12.9. The number of benzene rings is 1. The number of nitrogens with zero attached hydrogens (tertiary/aromatic N) is 1. The van der Waals surface area contributed by atoms with Gasteiger partial charge in [-0.1, -0.05) is 121 Å². The molecule has 0 aromatic heterocycles. The van der Waals surface area contributed by atoms with E-state index in [0.717, 1.165) is 38.0 Å². The lowest BCUT2D eigenvalue weighted by molar-refractivity contribution is -0.123. The van der Waals surface area contributed by atoms with Gasteiger partial charge in [0.25, 0.3) is 0 Å². The molecule has 1 amide bonds. The van der Waals surface area contributed by atoms with Gasteiger partial charge in [-0.15, -0.1) is 0 Å². The van der Waals surface area contributed by atoms with Gasteiger partial charge in [0.2, 0.25) is 5.91 Å². The van der Waals surface area contributed by atoms with Gasteiger partial charge in [0.15, 0.2) is 0 Å². The van der Waals surface area contributed by atoms with Crippen molar-refractivity contribution in [1.29, 1.82) is 0 Å². The summed E-state index contributed by atoms with van der Waals surface area (Å²) >= 11 is 0. The highest BCUT2D eigenvalue weighted by molar-refractivity contribution is 5.76. The first-order chi connectivity index (χ1) is 16.7. The smallest absolute Gasteiger partial charge is 0.220 e.